The summed E-state index contributed by atoms with van der Waals surface area (Å²) in [4.78, 5) is 31.9. The van der Waals surface area contributed by atoms with Crippen molar-refractivity contribution in [1.82, 2.24) is 14.7 Å². The van der Waals surface area contributed by atoms with Gasteiger partial charge in [-0.05, 0) is 41.3 Å². The number of carbonyl (C=O) groups excluding carboxylic acids is 2. The number of hydrogen-bond donors (Lipinski definition) is 1. The van der Waals surface area contributed by atoms with Gasteiger partial charge in [0.05, 0.1) is 11.6 Å². The lowest BCUT2D eigenvalue weighted by Crippen LogP contribution is -2.50. The summed E-state index contributed by atoms with van der Waals surface area (Å²) in [5, 5.41) is 2.67. The zero-order valence-electron chi connectivity index (χ0n) is 23.5. The number of urea groups is 1. The van der Waals surface area contributed by atoms with Crippen molar-refractivity contribution >= 4 is 17.6 Å². The van der Waals surface area contributed by atoms with Crippen LogP contribution in [0, 0.1) is 5.92 Å². The number of carbonyl (C=O) groups is 2. The molecule has 0 bridgehead atoms. The second-order valence-corrected chi connectivity index (χ2v) is 10.7. The standard InChI is InChI=1S/C32H37F3N4O2/c1-24(2)23-39(31(41)36-28-15-13-27(14-16-28)32(33,34)35)18-17-29(40)37-19-21-38(22-20-37)30(25-9-5-3-6-10-25)26-11-7-4-8-12-26/h3-16,24,30H,17-23H2,1-2H3,(H,36,41). The molecule has 0 spiro atoms. The van der Waals surface area contributed by atoms with Gasteiger partial charge in [0.1, 0.15) is 0 Å². The third kappa shape index (κ3) is 8.33. The molecule has 1 fully saturated rings. The van der Waals surface area contributed by atoms with Crippen molar-refractivity contribution < 1.29 is 22.8 Å². The van der Waals surface area contributed by atoms with Crippen LogP contribution < -0.4 is 5.32 Å². The number of nitrogens with one attached hydrogen (secondary N) is 1. The molecule has 1 aliphatic heterocycles. The van der Waals surface area contributed by atoms with Gasteiger partial charge in [0, 0.05) is 51.4 Å². The lowest BCUT2D eigenvalue weighted by Gasteiger charge is -2.40. The average Bonchev–Trinajstić information content (AvgIpc) is 2.96. The molecule has 0 saturated carbocycles. The third-order valence-electron chi connectivity index (χ3n) is 7.19. The quantitative estimate of drug-likeness (QED) is 0.321. The molecule has 0 aromatic heterocycles. The molecule has 3 aromatic carbocycles. The molecule has 0 aliphatic carbocycles. The fourth-order valence-corrected chi connectivity index (χ4v) is 5.16. The minimum Gasteiger partial charge on any atom is -0.340 e. The largest absolute Gasteiger partial charge is 0.416 e. The number of nitrogens with zero attached hydrogens (tertiary/aromatic N) is 3. The molecule has 3 aromatic rings. The first kappa shape index (κ1) is 30.1. The Labute approximate surface area is 239 Å². The molecule has 1 saturated heterocycles. The molecule has 0 atom stereocenters. The Balaban J connectivity index is 1.34. The van der Waals surface area contributed by atoms with Crippen LogP contribution in [-0.4, -0.2) is 65.9 Å². The van der Waals surface area contributed by atoms with Crippen LogP contribution in [0.15, 0.2) is 84.9 Å². The van der Waals surface area contributed by atoms with E-state index in [1.807, 2.05) is 55.1 Å². The SMILES string of the molecule is CC(C)CN(CCC(=O)N1CCN(C(c2ccccc2)c2ccccc2)CC1)C(=O)Nc1ccc(C(F)(F)F)cc1. The summed E-state index contributed by atoms with van der Waals surface area (Å²) < 4.78 is 38.6. The lowest BCUT2D eigenvalue weighted by atomic mass is 9.96. The van der Waals surface area contributed by atoms with E-state index in [0.29, 0.717) is 19.6 Å². The van der Waals surface area contributed by atoms with Crippen molar-refractivity contribution in [2.75, 3.05) is 44.6 Å². The number of halogens is 3. The lowest BCUT2D eigenvalue weighted by molar-refractivity contribution is -0.137. The molecule has 3 amide bonds. The number of anilines is 1. The van der Waals surface area contributed by atoms with Gasteiger partial charge in [0.15, 0.2) is 0 Å². The number of rotatable bonds is 9. The van der Waals surface area contributed by atoms with Crippen LogP contribution in [0.2, 0.25) is 0 Å². The number of alkyl halides is 3. The molecule has 9 heteroatoms. The van der Waals surface area contributed by atoms with E-state index < -0.39 is 17.8 Å². The van der Waals surface area contributed by atoms with Crippen molar-refractivity contribution in [2.45, 2.75) is 32.5 Å². The second-order valence-electron chi connectivity index (χ2n) is 10.7. The maximum absolute atomic E-state index is 13.2. The van der Waals surface area contributed by atoms with E-state index in [0.717, 1.165) is 25.2 Å². The summed E-state index contributed by atoms with van der Waals surface area (Å²) in [7, 11) is 0. The van der Waals surface area contributed by atoms with Crippen LogP contribution in [0.1, 0.15) is 43.0 Å². The van der Waals surface area contributed by atoms with Crippen LogP contribution in [0.25, 0.3) is 0 Å². The van der Waals surface area contributed by atoms with Gasteiger partial charge in [-0.25, -0.2) is 4.79 Å². The summed E-state index contributed by atoms with van der Waals surface area (Å²) in [6.07, 6.45) is -4.27. The Hall–Kier alpha value is -3.85. The minimum atomic E-state index is -4.44. The Bertz CT molecular complexity index is 1220. The zero-order chi connectivity index (χ0) is 29.4. The number of benzene rings is 3. The van der Waals surface area contributed by atoms with E-state index in [-0.39, 0.29) is 36.5 Å². The summed E-state index contributed by atoms with van der Waals surface area (Å²) in [6.45, 7) is 7.22. The van der Waals surface area contributed by atoms with E-state index in [1.54, 1.807) is 4.90 Å². The maximum Gasteiger partial charge on any atom is 0.416 e. The van der Waals surface area contributed by atoms with Crippen LogP contribution in [0.3, 0.4) is 0 Å². The minimum absolute atomic E-state index is 0.0169. The second kappa shape index (κ2) is 13.7. The molecule has 218 valence electrons. The molecule has 1 heterocycles. The van der Waals surface area contributed by atoms with Crippen LogP contribution in [0.5, 0.6) is 0 Å². The van der Waals surface area contributed by atoms with E-state index in [9.17, 15) is 22.8 Å². The van der Waals surface area contributed by atoms with Gasteiger partial charge in [-0.1, -0.05) is 74.5 Å². The van der Waals surface area contributed by atoms with Crippen LogP contribution in [0.4, 0.5) is 23.7 Å². The van der Waals surface area contributed by atoms with Gasteiger partial charge in [0.2, 0.25) is 5.91 Å². The monoisotopic (exact) mass is 566 g/mol. The van der Waals surface area contributed by atoms with Gasteiger partial charge >= 0.3 is 12.2 Å². The van der Waals surface area contributed by atoms with Crippen LogP contribution >= 0.6 is 0 Å². The Morgan fingerprint density at radius 2 is 1.37 bits per heavy atom. The van der Waals surface area contributed by atoms with Crippen molar-refractivity contribution in [1.29, 1.82) is 0 Å². The van der Waals surface area contributed by atoms with E-state index in [1.165, 1.54) is 23.3 Å². The van der Waals surface area contributed by atoms with E-state index in [4.69, 9.17) is 0 Å². The van der Waals surface area contributed by atoms with E-state index in [2.05, 4.69) is 34.5 Å². The normalized spacial score (nSPS) is 14.4. The van der Waals surface area contributed by atoms with Crippen LogP contribution in [-0.2, 0) is 11.0 Å². The van der Waals surface area contributed by atoms with E-state index >= 15 is 0 Å². The van der Waals surface area contributed by atoms with Crippen molar-refractivity contribution in [3.05, 3.63) is 102 Å². The molecule has 0 unspecified atom stereocenters. The summed E-state index contributed by atoms with van der Waals surface area (Å²) in [5.41, 5.74) is 1.91. The molecule has 41 heavy (non-hydrogen) atoms. The highest BCUT2D eigenvalue weighted by molar-refractivity contribution is 5.89. The van der Waals surface area contributed by atoms with Gasteiger partial charge in [-0.2, -0.15) is 13.2 Å². The predicted octanol–water partition coefficient (Wildman–Crippen LogP) is 6.52. The average molecular weight is 567 g/mol. The predicted molar refractivity (Wildman–Crippen MR) is 154 cm³/mol. The smallest absolute Gasteiger partial charge is 0.340 e. The maximum atomic E-state index is 13.2. The Morgan fingerprint density at radius 3 is 1.85 bits per heavy atom. The number of hydrogen-bond acceptors (Lipinski definition) is 3. The summed E-state index contributed by atoms with van der Waals surface area (Å²) >= 11 is 0. The molecule has 0 radical (unpaired) electrons. The third-order valence-corrected chi connectivity index (χ3v) is 7.19. The first-order valence-electron chi connectivity index (χ1n) is 14.0. The fourth-order valence-electron chi connectivity index (χ4n) is 5.16. The molecule has 6 nitrogen and oxygen atoms in total. The number of piperazine rings is 1. The summed E-state index contributed by atoms with van der Waals surface area (Å²) in [6, 6.07) is 24.7. The fraction of sp³-hybridized carbons (Fsp3) is 0.375. The Morgan fingerprint density at radius 1 is 0.829 bits per heavy atom. The Kier molecular flexibility index (Phi) is 10.0. The van der Waals surface area contributed by atoms with Gasteiger partial charge in [0.25, 0.3) is 0 Å². The molecular weight excluding hydrogens is 529 g/mol. The van der Waals surface area contributed by atoms with Crippen molar-refractivity contribution in [2.24, 2.45) is 5.92 Å². The number of amides is 3. The van der Waals surface area contributed by atoms with Crippen molar-refractivity contribution in [3.8, 4) is 0 Å². The zero-order valence-corrected chi connectivity index (χ0v) is 23.5. The molecule has 1 aliphatic rings. The summed E-state index contributed by atoms with van der Waals surface area (Å²) in [5.74, 6) is 0.136. The first-order valence-corrected chi connectivity index (χ1v) is 14.0. The molecule has 4 rings (SSSR count). The topological polar surface area (TPSA) is 55.9 Å². The van der Waals surface area contributed by atoms with Gasteiger partial charge in [-0.3, -0.25) is 9.69 Å². The molecule has 1 N–H and O–H groups in total. The van der Waals surface area contributed by atoms with Gasteiger partial charge < -0.3 is 15.1 Å². The van der Waals surface area contributed by atoms with Crippen molar-refractivity contribution in [3.63, 3.8) is 0 Å². The highest BCUT2D eigenvalue weighted by atomic mass is 19.4. The van der Waals surface area contributed by atoms with Gasteiger partial charge in [-0.15, -0.1) is 0 Å². The highest BCUT2D eigenvalue weighted by Gasteiger charge is 2.31. The first-order chi connectivity index (χ1) is 19.6. The molecular formula is C32H37F3N4O2. The highest BCUT2D eigenvalue weighted by Crippen LogP contribution is 2.31.